The lowest BCUT2D eigenvalue weighted by Gasteiger charge is -2.20. The lowest BCUT2D eigenvalue weighted by atomic mass is 10.0. The Morgan fingerprint density at radius 3 is 3.05 bits per heavy atom. The van der Waals surface area contributed by atoms with Crippen LogP contribution in [0.5, 0.6) is 11.6 Å². The van der Waals surface area contributed by atoms with E-state index in [2.05, 4.69) is 16.4 Å². The van der Waals surface area contributed by atoms with E-state index in [0.29, 0.717) is 17.2 Å². The second kappa shape index (κ2) is 5.40. The molecule has 6 heteroatoms. The van der Waals surface area contributed by atoms with Crippen LogP contribution >= 0.6 is 0 Å². The summed E-state index contributed by atoms with van der Waals surface area (Å²) >= 11 is 0. The predicted molar refractivity (Wildman–Crippen MR) is 79.0 cm³/mol. The first-order chi connectivity index (χ1) is 10.1. The average molecular weight is 285 g/mol. The van der Waals surface area contributed by atoms with Crippen LogP contribution in [0.4, 0.5) is 11.4 Å². The van der Waals surface area contributed by atoms with E-state index in [4.69, 9.17) is 4.74 Å². The number of pyridine rings is 1. The largest absolute Gasteiger partial charge is 0.437 e. The standard InChI is InChI=1S/C15H15N3O3/c1-10-8-14(17-9-12(10)18(19)20)21-13-6-2-4-11-5-3-7-16-15(11)13/h2,4,6,8-9,16H,3,5,7H2,1H3. The molecule has 3 rings (SSSR count). The number of aromatic nitrogens is 1. The lowest BCUT2D eigenvalue weighted by Crippen LogP contribution is -2.12. The Kier molecular flexibility index (Phi) is 3.43. The molecule has 0 spiro atoms. The maximum atomic E-state index is 10.8. The number of hydrogen-bond acceptors (Lipinski definition) is 5. The fourth-order valence-electron chi connectivity index (χ4n) is 2.45. The van der Waals surface area contributed by atoms with Crippen LogP contribution in [-0.2, 0) is 6.42 Å². The summed E-state index contributed by atoms with van der Waals surface area (Å²) in [5, 5.41) is 14.1. The van der Waals surface area contributed by atoms with Gasteiger partial charge in [-0.1, -0.05) is 12.1 Å². The summed E-state index contributed by atoms with van der Waals surface area (Å²) < 4.78 is 5.80. The van der Waals surface area contributed by atoms with Gasteiger partial charge in [-0.15, -0.1) is 0 Å². The first-order valence-corrected chi connectivity index (χ1v) is 6.80. The van der Waals surface area contributed by atoms with Crippen molar-refractivity contribution in [1.82, 2.24) is 4.98 Å². The van der Waals surface area contributed by atoms with Gasteiger partial charge in [-0.25, -0.2) is 4.98 Å². The maximum Gasteiger partial charge on any atom is 0.290 e. The highest BCUT2D eigenvalue weighted by atomic mass is 16.6. The van der Waals surface area contributed by atoms with E-state index in [9.17, 15) is 10.1 Å². The highest BCUT2D eigenvalue weighted by Crippen LogP contribution is 2.35. The van der Waals surface area contributed by atoms with Gasteiger partial charge in [-0.3, -0.25) is 10.1 Å². The van der Waals surface area contributed by atoms with E-state index < -0.39 is 4.92 Å². The molecule has 2 heterocycles. The number of benzene rings is 1. The normalized spacial score (nSPS) is 13.2. The van der Waals surface area contributed by atoms with Gasteiger partial charge in [-0.05, 0) is 31.4 Å². The molecular formula is C15H15N3O3. The molecule has 108 valence electrons. The lowest BCUT2D eigenvalue weighted by molar-refractivity contribution is -0.385. The minimum atomic E-state index is -0.446. The van der Waals surface area contributed by atoms with Crippen molar-refractivity contribution in [2.45, 2.75) is 19.8 Å². The zero-order valence-corrected chi connectivity index (χ0v) is 11.6. The molecule has 0 radical (unpaired) electrons. The Morgan fingerprint density at radius 1 is 1.43 bits per heavy atom. The summed E-state index contributed by atoms with van der Waals surface area (Å²) in [6, 6.07) is 7.47. The van der Waals surface area contributed by atoms with E-state index in [-0.39, 0.29) is 5.69 Å². The number of nitro groups is 1. The molecule has 0 saturated heterocycles. The molecule has 0 amide bonds. The zero-order valence-electron chi connectivity index (χ0n) is 11.6. The van der Waals surface area contributed by atoms with Gasteiger partial charge in [-0.2, -0.15) is 0 Å². The molecular weight excluding hydrogens is 270 g/mol. The zero-order chi connectivity index (χ0) is 14.8. The Balaban J connectivity index is 1.91. The van der Waals surface area contributed by atoms with Gasteiger partial charge in [0.25, 0.3) is 5.69 Å². The highest BCUT2D eigenvalue weighted by molar-refractivity contribution is 5.64. The van der Waals surface area contributed by atoms with Crippen LogP contribution in [0.2, 0.25) is 0 Å². The van der Waals surface area contributed by atoms with Crippen LogP contribution in [0, 0.1) is 17.0 Å². The number of para-hydroxylation sites is 1. The first kappa shape index (κ1) is 13.4. The van der Waals surface area contributed by atoms with Crippen LogP contribution in [0.15, 0.2) is 30.5 Å². The van der Waals surface area contributed by atoms with Crippen LogP contribution in [0.1, 0.15) is 17.5 Å². The molecule has 6 nitrogen and oxygen atoms in total. The van der Waals surface area contributed by atoms with E-state index in [0.717, 1.165) is 25.1 Å². The molecule has 0 bridgehead atoms. The molecule has 1 aliphatic heterocycles. The third-order valence-corrected chi connectivity index (χ3v) is 3.51. The van der Waals surface area contributed by atoms with Crippen LogP contribution in [0.25, 0.3) is 0 Å². The molecule has 0 saturated carbocycles. The second-order valence-electron chi connectivity index (χ2n) is 4.99. The SMILES string of the molecule is Cc1cc(Oc2cccc3c2NCCC3)ncc1[N+](=O)[O-]. The molecule has 2 aromatic rings. The monoisotopic (exact) mass is 285 g/mol. The Morgan fingerprint density at radius 2 is 2.29 bits per heavy atom. The van der Waals surface area contributed by atoms with Crippen molar-refractivity contribution in [3.05, 3.63) is 51.7 Å². The number of nitrogens with zero attached hydrogens (tertiary/aromatic N) is 2. The number of ether oxygens (including phenoxy) is 1. The van der Waals surface area contributed by atoms with Gasteiger partial charge in [0, 0.05) is 18.2 Å². The number of rotatable bonds is 3. The van der Waals surface area contributed by atoms with Gasteiger partial charge in [0.2, 0.25) is 5.88 Å². The first-order valence-electron chi connectivity index (χ1n) is 6.80. The second-order valence-corrected chi connectivity index (χ2v) is 4.99. The van der Waals surface area contributed by atoms with Crippen molar-refractivity contribution in [3.63, 3.8) is 0 Å². The number of hydrogen-bond donors (Lipinski definition) is 1. The van der Waals surface area contributed by atoms with Gasteiger partial charge < -0.3 is 10.1 Å². The summed E-state index contributed by atoms with van der Waals surface area (Å²) in [6.07, 6.45) is 3.35. The van der Waals surface area contributed by atoms with Crippen molar-refractivity contribution in [1.29, 1.82) is 0 Å². The molecule has 0 atom stereocenters. The average Bonchev–Trinajstić information content (AvgIpc) is 2.47. The van der Waals surface area contributed by atoms with Crippen LogP contribution < -0.4 is 10.1 Å². The van der Waals surface area contributed by atoms with Crippen LogP contribution in [-0.4, -0.2) is 16.5 Å². The minimum absolute atomic E-state index is 0.00411. The molecule has 1 aliphatic rings. The summed E-state index contributed by atoms with van der Waals surface area (Å²) in [6.45, 7) is 2.59. The maximum absolute atomic E-state index is 10.8. The van der Waals surface area contributed by atoms with Gasteiger partial charge in [0.1, 0.15) is 6.20 Å². The van der Waals surface area contributed by atoms with Crippen molar-refractivity contribution in [2.75, 3.05) is 11.9 Å². The molecule has 1 N–H and O–H groups in total. The fraction of sp³-hybridized carbons (Fsp3) is 0.267. The molecule has 0 aliphatic carbocycles. The third kappa shape index (κ3) is 2.65. The molecule has 1 aromatic carbocycles. The topological polar surface area (TPSA) is 77.3 Å². The predicted octanol–water partition coefficient (Wildman–Crippen LogP) is 3.45. The molecule has 1 aromatic heterocycles. The van der Waals surface area contributed by atoms with Crippen LogP contribution in [0.3, 0.4) is 0 Å². The van der Waals surface area contributed by atoms with Gasteiger partial charge >= 0.3 is 0 Å². The van der Waals surface area contributed by atoms with Gasteiger partial charge in [0.05, 0.1) is 10.6 Å². The van der Waals surface area contributed by atoms with Crippen molar-refractivity contribution in [2.24, 2.45) is 0 Å². The quantitative estimate of drug-likeness (QED) is 0.690. The van der Waals surface area contributed by atoms with E-state index in [1.54, 1.807) is 13.0 Å². The third-order valence-electron chi connectivity index (χ3n) is 3.51. The highest BCUT2D eigenvalue weighted by Gasteiger charge is 2.16. The number of fused-ring (bicyclic) bond motifs is 1. The smallest absolute Gasteiger partial charge is 0.290 e. The molecule has 0 unspecified atom stereocenters. The fourth-order valence-corrected chi connectivity index (χ4v) is 2.45. The van der Waals surface area contributed by atoms with Crippen molar-refractivity contribution >= 4 is 11.4 Å². The molecule has 21 heavy (non-hydrogen) atoms. The Bertz CT molecular complexity index is 701. The molecule has 0 fully saturated rings. The van der Waals surface area contributed by atoms with Crippen molar-refractivity contribution < 1.29 is 9.66 Å². The minimum Gasteiger partial charge on any atom is -0.437 e. The number of nitrogens with one attached hydrogen (secondary N) is 1. The van der Waals surface area contributed by atoms with E-state index >= 15 is 0 Å². The summed E-state index contributed by atoms with van der Waals surface area (Å²) in [5.74, 6) is 1.06. The summed E-state index contributed by atoms with van der Waals surface area (Å²) in [5.41, 5.74) is 2.73. The summed E-state index contributed by atoms with van der Waals surface area (Å²) in [7, 11) is 0. The number of aryl methyl sites for hydroxylation is 2. The Hall–Kier alpha value is -2.63. The summed E-state index contributed by atoms with van der Waals surface area (Å²) in [4.78, 5) is 14.4. The van der Waals surface area contributed by atoms with E-state index in [1.807, 2.05) is 12.1 Å². The van der Waals surface area contributed by atoms with E-state index in [1.165, 1.54) is 11.8 Å². The Labute approximate surface area is 121 Å². The van der Waals surface area contributed by atoms with Gasteiger partial charge in [0.15, 0.2) is 5.75 Å². The number of anilines is 1. The van der Waals surface area contributed by atoms with Crippen molar-refractivity contribution in [3.8, 4) is 11.6 Å².